The van der Waals surface area contributed by atoms with Crippen LogP contribution in [0.25, 0.3) is 0 Å². The number of anilines is 3. The summed E-state index contributed by atoms with van der Waals surface area (Å²) in [6.07, 6.45) is 5.17. The molecule has 0 aliphatic carbocycles. The number of urea groups is 1. The van der Waals surface area contributed by atoms with Gasteiger partial charge in [-0.3, -0.25) is 0 Å². The Morgan fingerprint density at radius 2 is 1.55 bits per heavy atom. The number of carbonyl (C=O) groups excluding carboxylic acids is 1. The Morgan fingerprint density at radius 1 is 0.862 bits per heavy atom. The number of benzene rings is 2. The zero-order valence-electron chi connectivity index (χ0n) is 17.6. The Balaban J connectivity index is 1.38. The molecule has 2 aliphatic heterocycles. The van der Waals surface area contributed by atoms with E-state index in [1.165, 1.54) is 44.5 Å². The molecule has 0 bridgehead atoms. The molecule has 154 valence electrons. The van der Waals surface area contributed by atoms with Gasteiger partial charge in [-0.05, 0) is 94.1 Å². The van der Waals surface area contributed by atoms with Gasteiger partial charge in [-0.25, -0.2) is 4.79 Å². The van der Waals surface area contributed by atoms with Crippen molar-refractivity contribution in [3.05, 3.63) is 53.6 Å². The zero-order valence-corrected chi connectivity index (χ0v) is 17.6. The number of hydrogen-bond donors (Lipinski definition) is 2. The maximum absolute atomic E-state index is 12.4. The van der Waals surface area contributed by atoms with E-state index in [1.54, 1.807) is 0 Å². The molecule has 29 heavy (non-hydrogen) atoms. The monoisotopic (exact) mass is 392 g/mol. The smallest absolute Gasteiger partial charge is 0.323 e. The second-order valence-electron chi connectivity index (χ2n) is 8.47. The van der Waals surface area contributed by atoms with E-state index >= 15 is 0 Å². The molecule has 5 nitrogen and oxygen atoms in total. The summed E-state index contributed by atoms with van der Waals surface area (Å²) in [5.74, 6) is 0. The van der Waals surface area contributed by atoms with Gasteiger partial charge in [0.15, 0.2) is 0 Å². The van der Waals surface area contributed by atoms with Gasteiger partial charge in [0.2, 0.25) is 0 Å². The Labute approximate surface area is 174 Å². The highest BCUT2D eigenvalue weighted by atomic mass is 16.2. The van der Waals surface area contributed by atoms with Gasteiger partial charge in [0, 0.05) is 36.2 Å². The standard InChI is InChI=1S/C24H32N4O/c1-18-6-5-7-20(14-18)25-24(29)26-21-15-19(2)16-23(17-21)28-12-8-22(9-13-28)27-10-3-4-11-27/h5-7,14-17,22H,3-4,8-13H2,1-2H3,(H2,25,26,29). The highest BCUT2D eigenvalue weighted by Crippen LogP contribution is 2.28. The molecular formula is C24H32N4O. The number of amides is 2. The predicted octanol–water partition coefficient (Wildman–Crippen LogP) is 5.01. The number of nitrogens with zero attached hydrogens (tertiary/aromatic N) is 2. The van der Waals surface area contributed by atoms with Crippen LogP contribution in [0.4, 0.5) is 21.9 Å². The summed E-state index contributed by atoms with van der Waals surface area (Å²) < 4.78 is 0. The lowest BCUT2D eigenvalue weighted by atomic mass is 10.0. The molecule has 2 heterocycles. The van der Waals surface area contributed by atoms with Crippen molar-refractivity contribution in [3.63, 3.8) is 0 Å². The third-order valence-corrected chi connectivity index (χ3v) is 6.08. The Morgan fingerprint density at radius 3 is 2.28 bits per heavy atom. The maximum Gasteiger partial charge on any atom is 0.323 e. The Bertz CT molecular complexity index is 852. The van der Waals surface area contributed by atoms with Crippen molar-refractivity contribution in [2.24, 2.45) is 0 Å². The fraction of sp³-hybridized carbons (Fsp3) is 0.458. The lowest BCUT2D eigenvalue weighted by Gasteiger charge is -2.38. The quantitative estimate of drug-likeness (QED) is 0.769. The number of nitrogens with one attached hydrogen (secondary N) is 2. The first kappa shape index (κ1) is 19.8. The molecule has 2 N–H and O–H groups in total. The first-order chi connectivity index (χ1) is 14.1. The van der Waals surface area contributed by atoms with Crippen LogP contribution in [0.15, 0.2) is 42.5 Å². The zero-order chi connectivity index (χ0) is 20.2. The van der Waals surface area contributed by atoms with Gasteiger partial charge in [0.25, 0.3) is 0 Å². The van der Waals surface area contributed by atoms with Gasteiger partial charge in [-0.15, -0.1) is 0 Å². The fourth-order valence-electron chi connectivity index (χ4n) is 4.63. The van der Waals surface area contributed by atoms with Crippen molar-refractivity contribution < 1.29 is 4.79 Å². The first-order valence-electron chi connectivity index (χ1n) is 10.8. The normalized spacial score (nSPS) is 18.1. The topological polar surface area (TPSA) is 47.6 Å². The van der Waals surface area contributed by atoms with Crippen LogP contribution in [-0.2, 0) is 0 Å². The minimum absolute atomic E-state index is 0.208. The van der Waals surface area contributed by atoms with Crippen LogP contribution in [0, 0.1) is 13.8 Å². The van der Waals surface area contributed by atoms with E-state index in [0.29, 0.717) is 0 Å². The number of carbonyl (C=O) groups is 1. The largest absolute Gasteiger partial charge is 0.371 e. The number of rotatable bonds is 4. The summed E-state index contributed by atoms with van der Waals surface area (Å²) in [6, 6.07) is 14.7. The van der Waals surface area contributed by atoms with E-state index in [0.717, 1.165) is 41.6 Å². The number of piperidine rings is 1. The summed E-state index contributed by atoms with van der Waals surface area (Å²) >= 11 is 0. The lowest BCUT2D eigenvalue weighted by molar-refractivity contribution is 0.208. The van der Waals surface area contributed by atoms with Crippen LogP contribution in [0.1, 0.15) is 36.8 Å². The van der Waals surface area contributed by atoms with E-state index in [1.807, 2.05) is 37.3 Å². The van der Waals surface area contributed by atoms with E-state index < -0.39 is 0 Å². The Kier molecular flexibility index (Phi) is 6.05. The van der Waals surface area contributed by atoms with Crippen molar-refractivity contribution in [2.45, 2.75) is 45.6 Å². The van der Waals surface area contributed by atoms with Gasteiger partial charge in [0.05, 0.1) is 0 Å². The van der Waals surface area contributed by atoms with E-state index in [9.17, 15) is 4.79 Å². The third kappa shape index (κ3) is 5.10. The van der Waals surface area contributed by atoms with Crippen LogP contribution >= 0.6 is 0 Å². The average molecular weight is 393 g/mol. The minimum Gasteiger partial charge on any atom is -0.371 e. The van der Waals surface area contributed by atoms with Gasteiger partial charge in [0.1, 0.15) is 0 Å². The second-order valence-corrected chi connectivity index (χ2v) is 8.47. The molecule has 2 fully saturated rings. The highest BCUT2D eigenvalue weighted by Gasteiger charge is 2.26. The molecule has 0 atom stereocenters. The third-order valence-electron chi connectivity index (χ3n) is 6.08. The van der Waals surface area contributed by atoms with Crippen LogP contribution in [-0.4, -0.2) is 43.2 Å². The molecule has 0 radical (unpaired) electrons. The fourth-order valence-corrected chi connectivity index (χ4v) is 4.63. The Hall–Kier alpha value is -2.53. The van der Waals surface area contributed by atoms with Crippen molar-refractivity contribution >= 4 is 23.1 Å². The number of aryl methyl sites for hydroxylation is 2. The van der Waals surface area contributed by atoms with Gasteiger partial charge in [-0.2, -0.15) is 0 Å². The molecule has 2 aliphatic rings. The second kappa shape index (κ2) is 8.87. The summed E-state index contributed by atoms with van der Waals surface area (Å²) in [7, 11) is 0. The molecule has 2 aromatic rings. The number of likely N-dealkylation sites (tertiary alicyclic amines) is 1. The molecule has 0 saturated carbocycles. The van der Waals surface area contributed by atoms with Crippen LogP contribution < -0.4 is 15.5 Å². The summed E-state index contributed by atoms with van der Waals surface area (Å²) in [6.45, 7) is 8.82. The highest BCUT2D eigenvalue weighted by molar-refractivity contribution is 6.00. The van der Waals surface area contributed by atoms with Crippen molar-refractivity contribution in [3.8, 4) is 0 Å². The number of hydrogen-bond acceptors (Lipinski definition) is 3. The SMILES string of the molecule is Cc1cccc(NC(=O)Nc2cc(C)cc(N3CCC(N4CCCC4)CC3)c2)c1. The predicted molar refractivity (Wildman–Crippen MR) is 121 cm³/mol. The molecule has 2 amide bonds. The van der Waals surface area contributed by atoms with Crippen LogP contribution in [0.2, 0.25) is 0 Å². The summed E-state index contributed by atoms with van der Waals surface area (Å²) in [5, 5.41) is 5.92. The molecule has 0 spiro atoms. The van der Waals surface area contributed by atoms with E-state index in [2.05, 4.69) is 39.5 Å². The summed E-state index contributed by atoms with van der Waals surface area (Å²) in [5.41, 5.74) is 5.13. The first-order valence-corrected chi connectivity index (χ1v) is 10.8. The summed E-state index contributed by atoms with van der Waals surface area (Å²) in [4.78, 5) is 17.6. The minimum atomic E-state index is -0.208. The molecule has 2 aromatic carbocycles. The van der Waals surface area contributed by atoms with Crippen LogP contribution in [0.5, 0.6) is 0 Å². The molecular weight excluding hydrogens is 360 g/mol. The van der Waals surface area contributed by atoms with Crippen LogP contribution in [0.3, 0.4) is 0 Å². The molecule has 4 rings (SSSR count). The van der Waals surface area contributed by atoms with E-state index in [-0.39, 0.29) is 6.03 Å². The maximum atomic E-state index is 12.4. The molecule has 2 saturated heterocycles. The van der Waals surface area contributed by atoms with Crippen molar-refractivity contribution in [1.82, 2.24) is 4.90 Å². The van der Waals surface area contributed by atoms with E-state index in [4.69, 9.17) is 0 Å². The van der Waals surface area contributed by atoms with Crippen molar-refractivity contribution in [2.75, 3.05) is 41.7 Å². The van der Waals surface area contributed by atoms with Gasteiger partial charge in [-0.1, -0.05) is 12.1 Å². The molecule has 0 unspecified atom stereocenters. The lowest BCUT2D eigenvalue weighted by Crippen LogP contribution is -2.43. The average Bonchev–Trinajstić information content (AvgIpc) is 3.22. The van der Waals surface area contributed by atoms with Gasteiger partial charge >= 0.3 is 6.03 Å². The van der Waals surface area contributed by atoms with Gasteiger partial charge < -0.3 is 20.4 Å². The molecule has 5 heteroatoms. The van der Waals surface area contributed by atoms with Crippen molar-refractivity contribution in [1.29, 1.82) is 0 Å². The molecule has 0 aromatic heterocycles.